The van der Waals surface area contributed by atoms with Crippen LogP contribution in [0.4, 0.5) is 0 Å². The molecular weight excluding hydrogens is 218 g/mol. The molecule has 0 amide bonds. The molecule has 1 rings (SSSR count). The molecule has 98 valence electrons. The summed E-state index contributed by atoms with van der Waals surface area (Å²) in [7, 11) is 1.42. The van der Waals surface area contributed by atoms with Gasteiger partial charge in [-0.15, -0.1) is 0 Å². The van der Waals surface area contributed by atoms with E-state index in [-0.39, 0.29) is 18.2 Å². The fraction of sp³-hybridized carbons (Fsp3) is 0.769. The van der Waals surface area contributed by atoms with Gasteiger partial charge in [0.1, 0.15) is 0 Å². The maximum Gasteiger partial charge on any atom is 0.333 e. The predicted molar refractivity (Wildman–Crippen MR) is 66.8 cm³/mol. The molecule has 17 heavy (non-hydrogen) atoms. The second-order valence-corrected chi connectivity index (χ2v) is 4.55. The summed E-state index contributed by atoms with van der Waals surface area (Å²) in [5.41, 5.74) is 0.749. The first-order valence-corrected chi connectivity index (χ1v) is 6.22. The van der Waals surface area contributed by atoms with E-state index in [0.717, 1.165) is 25.2 Å². The Morgan fingerprint density at radius 1 is 1.41 bits per heavy atom. The molecule has 1 saturated heterocycles. The first-order valence-electron chi connectivity index (χ1n) is 6.22. The summed E-state index contributed by atoms with van der Waals surface area (Å²) >= 11 is 0. The normalized spacial score (nSPS) is 26.9. The third kappa shape index (κ3) is 4.48. The van der Waals surface area contributed by atoms with Crippen molar-refractivity contribution >= 4 is 5.97 Å². The molecule has 0 aliphatic carbocycles. The van der Waals surface area contributed by atoms with Gasteiger partial charge in [0, 0.05) is 25.2 Å². The number of hydrogen-bond donors (Lipinski definition) is 0. The highest BCUT2D eigenvalue weighted by Crippen LogP contribution is 2.11. The lowest BCUT2D eigenvalue weighted by molar-refractivity contribution is -0.136. The molecule has 1 aliphatic rings. The fourth-order valence-corrected chi connectivity index (χ4v) is 2.18. The molecule has 1 heterocycles. The lowest BCUT2D eigenvalue weighted by Crippen LogP contribution is -2.45. The molecule has 0 radical (unpaired) electrons. The van der Waals surface area contributed by atoms with Crippen molar-refractivity contribution in [3.63, 3.8) is 0 Å². The summed E-state index contributed by atoms with van der Waals surface area (Å²) in [6.07, 6.45) is 3.20. The molecule has 0 saturated carbocycles. The number of rotatable bonds is 4. The second-order valence-electron chi connectivity index (χ2n) is 4.55. The summed E-state index contributed by atoms with van der Waals surface area (Å²) in [6.45, 7) is 8.74. The number of carbonyl (C=O) groups is 1. The molecule has 0 spiro atoms. The maximum atomic E-state index is 11.4. The molecule has 4 heteroatoms. The molecule has 0 aromatic rings. The fourth-order valence-electron chi connectivity index (χ4n) is 2.18. The molecule has 2 unspecified atom stereocenters. The summed E-state index contributed by atoms with van der Waals surface area (Å²) in [5, 5.41) is 0. The van der Waals surface area contributed by atoms with Crippen molar-refractivity contribution in [3.05, 3.63) is 11.6 Å². The van der Waals surface area contributed by atoms with Gasteiger partial charge >= 0.3 is 5.97 Å². The molecule has 0 N–H and O–H groups in total. The quantitative estimate of drug-likeness (QED) is 0.553. The SMILES string of the molecule is CCC(=CCN1CC(C)OC(C)C1)C(=O)OC. The Bertz CT molecular complexity index is 278. The van der Waals surface area contributed by atoms with Gasteiger partial charge in [0.15, 0.2) is 0 Å². The van der Waals surface area contributed by atoms with Gasteiger partial charge in [-0.2, -0.15) is 0 Å². The third-order valence-electron chi connectivity index (χ3n) is 2.92. The average molecular weight is 241 g/mol. The van der Waals surface area contributed by atoms with E-state index in [1.54, 1.807) is 0 Å². The van der Waals surface area contributed by atoms with Crippen LogP contribution in [-0.2, 0) is 14.3 Å². The minimum atomic E-state index is -0.221. The van der Waals surface area contributed by atoms with Crippen molar-refractivity contribution in [2.45, 2.75) is 39.4 Å². The molecule has 0 aromatic heterocycles. The minimum Gasteiger partial charge on any atom is -0.466 e. The van der Waals surface area contributed by atoms with Crippen LogP contribution >= 0.6 is 0 Å². The van der Waals surface area contributed by atoms with Crippen LogP contribution in [0.15, 0.2) is 11.6 Å². The van der Waals surface area contributed by atoms with Crippen LogP contribution in [0.2, 0.25) is 0 Å². The highest BCUT2D eigenvalue weighted by Gasteiger charge is 2.21. The van der Waals surface area contributed by atoms with E-state index in [4.69, 9.17) is 9.47 Å². The zero-order chi connectivity index (χ0) is 12.8. The summed E-state index contributed by atoms with van der Waals surface area (Å²) in [6, 6.07) is 0. The predicted octanol–water partition coefficient (Wildman–Crippen LogP) is 1.60. The molecular formula is C13H23NO3. The first-order chi connectivity index (χ1) is 8.06. The zero-order valence-corrected chi connectivity index (χ0v) is 11.2. The number of morpholine rings is 1. The zero-order valence-electron chi connectivity index (χ0n) is 11.2. The topological polar surface area (TPSA) is 38.8 Å². The first kappa shape index (κ1) is 14.2. The van der Waals surface area contributed by atoms with Gasteiger partial charge in [0.05, 0.1) is 19.3 Å². The van der Waals surface area contributed by atoms with E-state index in [9.17, 15) is 4.79 Å². The van der Waals surface area contributed by atoms with Crippen LogP contribution in [0.3, 0.4) is 0 Å². The van der Waals surface area contributed by atoms with Crippen LogP contribution in [0, 0.1) is 0 Å². The van der Waals surface area contributed by atoms with Gasteiger partial charge in [-0.25, -0.2) is 4.79 Å². The molecule has 2 atom stereocenters. The van der Waals surface area contributed by atoms with Gasteiger partial charge in [0.2, 0.25) is 0 Å². The number of ether oxygens (including phenoxy) is 2. The Hall–Kier alpha value is -0.870. The second kappa shape index (κ2) is 6.77. The lowest BCUT2D eigenvalue weighted by Gasteiger charge is -2.34. The van der Waals surface area contributed by atoms with Gasteiger partial charge in [-0.05, 0) is 20.3 Å². The van der Waals surface area contributed by atoms with Crippen molar-refractivity contribution < 1.29 is 14.3 Å². The number of esters is 1. The van der Waals surface area contributed by atoms with Crippen molar-refractivity contribution in [2.75, 3.05) is 26.7 Å². The molecule has 4 nitrogen and oxygen atoms in total. The number of nitrogens with zero attached hydrogens (tertiary/aromatic N) is 1. The Morgan fingerprint density at radius 3 is 2.47 bits per heavy atom. The Labute approximate surface area is 104 Å². The Morgan fingerprint density at radius 2 is 2.00 bits per heavy atom. The van der Waals surface area contributed by atoms with Crippen molar-refractivity contribution in [1.29, 1.82) is 0 Å². The smallest absolute Gasteiger partial charge is 0.333 e. The summed E-state index contributed by atoms with van der Waals surface area (Å²) in [4.78, 5) is 13.7. The monoisotopic (exact) mass is 241 g/mol. The highest BCUT2D eigenvalue weighted by molar-refractivity contribution is 5.88. The van der Waals surface area contributed by atoms with E-state index in [1.807, 2.05) is 13.0 Å². The van der Waals surface area contributed by atoms with Crippen LogP contribution in [-0.4, -0.2) is 49.8 Å². The van der Waals surface area contributed by atoms with E-state index >= 15 is 0 Å². The summed E-state index contributed by atoms with van der Waals surface area (Å²) < 4.78 is 10.4. The van der Waals surface area contributed by atoms with Gasteiger partial charge in [-0.3, -0.25) is 4.90 Å². The lowest BCUT2D eigenvalue weighted by atomic mass is 10.1. The summed E-state index contributed by atoms with van der Waals surface area (Å²) in [5.74, 6) is -0.221. The molecule has 0 aromatic carbocycles. The average Bonchev–Trinajstić information content (AvgIpc) is 2.28. The van der Waals surface area contributed by atoms with Crippen LogP contribution in [0.25, 0.3) is 0 Å². The number of hydrogen-bond acceptors (Lipinski definition) is 4. The number of methoxy groups -OCH3 is 1. The van der Waals surface area contributed by atoms with E-state index in [0.29, 0.717) is 6.42 Å². The van der Waals surface area contributed by atoms with Crippen LogP contribution < -0.4 is 0 Å². The van der Waals surface area contributed by atoms with Crippen molar-refractivity contribution in [1.82, 2.24) is 4.90 Å². The highest BCUT2D eigenvalue weighted by atomic mass is 16.5. The largest absolute Gasteiger partial charge is 0.466 e. The van der Waals surface area contributed by atoms with Gasteiger partial charge < -0.3 is 9.47 Å². The Kier molecular flexibility index (Phi) is 5.65. The van der Waals surface area contributed by atoms with E-state index in [1.165, 1.54) is 7.11 Å². The molecule has 1 aliphatic heterocycles. The van der Waals surface area contributed by atoms with Crippen molar-refractivity contribution in [2.24, 2.45) is 0 Å². The number of carbonyl (C=O) groups excluding carboxylic acids is 1. The van der Waals surface area contributed by atoms with E-state index < -0.39 is 0 Å². The Balaban J connectivity index is 2.52. The van der Waals surface area contributed by atoms with Gasteiger partial charge in [0.25, 0.3) is 0 Å². The van der Waals surface area contributed by atoms with Gasteiger partial charge in [-0.1, -0.05) is 13.0 Å². The molecule has 0 bridgehead atoms. The minimum absolute atomic E-state index is 0.221. The van der Waals surface area contributed by atoms with Crippen molar-refractivity contribution in [3.8, 4) is 0 Å². The van der Waals surface area contributed by atoms with Crippen LogP contribution in [0.1, 0.15) is 27.2 Å². The van der Waals surface area contributed by atoms with Crippen LogP contribution in [0.5, 0.6) is 0 Å². The van der Waals surface area contributed by atoms with E-state index in [2.05, 4.69) is 18.7 Å². The standard InChI is InChI=1S/C13H23NO3/c1-5-12(13(15)16-4)6-7-14-8-10(2)17-11(3)9-14/h6,10-11H,5,7-9H2,1-4H3. The third-order valence-corrected chi connectivity index (χ3v) is 2.92. The maximum absolute atomic E-state index is 11.4. The molecule has 1 fully saturated rings.